The predicted molar refractivity (Wildman–Crippen MR) is 56.0 cm³/mol. The average molecular weight is 183 g/mol. The van der Waals surface area contributed by atoms with Crippen LogP contribution in [0.15, 0.2) is 0 Å². The molecule has 3 nitrogen and oxygen atoms in total. The Morgan fingerprint density at radius 3 is 2.54 bits per heavy atom. The predicted octanol–water partition coefficient (Wildman–Crippen LogP) is 1.43. The molecule has 0 aromatic heterocycles. The van der Waals surface area contributed by atoms with Crippen molar-refractivity contribution < 1.29 is 0 Å². The Balaban J connectivity index is 2.14. The lowest BCUT2D eigenvalue weighted by molar-refractivity contribution is 0.186. The van der Waals surface area contributed by atoms with Gasteiger partial charge in [-0.1, -0.05) is 13.3 Å². The van der Waals surface area contributed by atoms with Crippen molar-refractivity contribution in [2.75, 3.05) is 19.6 Å². The van der Waals surface area contributed by atoms with Crippen LogP contribution in [0.25, 0.3) is 0 Å². The molecule has 0 spiro atoms. The summed E-state index contributed by atoms with van der Waals surface area (Å²) >= 11 is 0. The minimum absolute atomic E-state index is 0.317. The third-order valence-corrected chi connectivity index (χ3v) is 2.98. The Hall–Kier alpha value is -0.570. The molecule has 0 aromatic rings. The first-order chi connectivity index (χ1) is 6.22. The fraction of sp³-hybridized carbons (Fsp3) is 0.900. The third kappa shape index (κ3) is 3.77. The largest absolute Gasteiger partial charge is 0.388 e. The Morgan fingerprint density at radius 2 is 2.08 bits per heavy atom. The number of nitrogens with two attached hydrogens (primary N) is 1. The van der Waals surface area contributed by atoms with Crippen molar-refractivity contribution in [3.8, 4) is 0 Å². The SMILES string of the molecule is CCC1CCN(CCC(=N)N)CC1. The zero-order chi connectivity index (χ0) is 9.68. The summed E-state index contributed by atoms with van der Waals surface area (Å²) in [6.45, 7) is 5.65. The summed E-state index contributed by atoms with van der Waals surface area (Å²) in [5.41, 5.74) is 5.32. The Bertz CT molecular complexity index is 160. The number of likely N-dealkylation sites (tertiary alicyclic amines) is 1. The van der Waals surface area contributed by atoms with Gasteiger partial charge in [0.25, 0.3) is 0 Å². The molecule has 1 fully saturated rings. The molecule has 3 heteroatoms. The molecule has 0 radical (unpaired) electrons. The highest BCUT2D eigenvalue weighted by atomic mass is 15.1. The standard InChI is InChI=1S/C10H21N3/c1-2-9-3-6-13(7-4-9)8-5-10(11)12/h9H,2-8H2,1H3,(H3,11,12). The van der Waals surface area contributed by atoms with Crippen molar-refractivity contribution in [3.05, 3.63) is 0 Å². The van der Waals surface area contributed by atoms with Gasteiger partial charge in [-0.2, -0.15) is 0 Å². The van der Waals surface area contributed by atoms with Gasteiger partial charge < -0.3 is 10.6 Å². The molecule has 13 heavy (non-hydrogen) atoms. The van der Waals surface area contributed by atoms with Gasteiger partial charge in [0.15, 0.2) is 0 Å². The maximum Gasteiger partial charge on any atom is 0.0918 e. The van der Waals surface area contributed by atoms with Gasteiger partial charge in [-0.15, -0.1) is 0 Å². The third-order valence-electron chi connectivity index (χ3n) is 2.98. The molecule has 1 saturated heterocycles. The number of nitrogens with one attached hydrogen (secondary N) is 1. The monoisotopic (exact) mass is 183 g/mol. The smallest absolute Gasteiger partial charge is 0.0918 e. The number of nitrogens with zero attached hydrogens (tertiary/aromatic N) is 1. The number of piperidine rings is 1. The molecule has 76 valence electrons. The van der Waals surface area contributed by atoms with Crippen molar-refractivity contribution in [1.29, 1.82) is 5.41 Å². The highest BCUT2D eigenvalue weighted by Crippen LogP contribution is 2.19. The van der Waals surface area contributed by atoms with Crippen LogP contribution in [0.2, 0.25) is 0 Å². The highest BCUT2D eigenvalue weighted by Gasteiger charge is 2.16. The van der Waals surface area contributed by atoms with Crippen LogP contribution < -0.4 is 5.73 Å². The summed E-state index contributed by atoms with van der Waals surface area (Å²) in [6, 6.07) is 0. The van der Waals surface area contributed by atoms with Crippen molar-refractivity contribution in [3.63, 3.8) is 0 Å². The molecule has 0 aliphatic carbocycles. The van der Waals surface area contributed by atoms with Crippen LogP contribution >= 0.6 is 0 Å². The van der Waals surface area contributed by atoms with Gasteiger partial charge in [0.1, 0.15) is 0 Å². The molecular formula is C10H21N3. The molecule has 3 N–H and O–H groups in total. The zero-order valence-corrected chi connectivity index (χ0v) is 8.55. The minimum atomic E-state index is 0.317. The van der Waals surface area contributed by atoms with Crippen molar-refractivity contribution in [2.24, 2.45) is 11.7 Å². The molecule has 0 aromatic carbocycles. The van der Waals surface area contributed by atoms with Crippen LogP contribution in [0, 0.1) is 11.3 Å². The summed E-state index contributed by atoms with van der Waals surface area (Å²) in [7, 11) is 0. The van der Waals surface area contributed by atoms with E-state index in [1.165, 1.54) is 32.4 Å². The lowest BCUT2D eigenvalue weighted by Crippen LogP contribution is -2.35. The van der Waals surface area contributed by atoms with Gasteiger partial charge in [0.05, 0.1) is 5.84 Å². The van der Waals surface area contributed by atoms with Gasteiger partial charge in [-0.25, -0.2) is 0 Å². The summed E-state index contributed by atoms with van der Waals surface area (Å²) in [5, 5.41) is 7.14. The zero-order valence-electron chi connectivity index (χ0n) is 8.55. The Morgan fingerprint density at radius 1 is 1.46 bits per heavy atom. The minimum Gasteiger partial charge on any atom is -0.388 e. The lowest BCUT2D eigenvalue weighted by Gasteiger charge is -2.31. The fourth-order valence-electron chi connectivity index (χ4n) is 1.90. The molecular weight excluding hydrogens is 162 g/mol. The van der Waals surface area contributed by atoms with Crippen LogP contribution in [-0.4, -0.2) is 30.4 Å². The maximum atomic E-state index is 7.14. The van der Waals surface area contributed by atoms with Crippen molar-refractivity contribution in [2.45, 2.75) is 32.6 Å². The first kappa shape index (κ1) is 10.5. The molecule has 0 bridgehead atoms. The van der Waals surface area contributed by atoms with Crippen LogP contribution in [-0.2, 0) is 0 Å². The van der Waals surface area contributed by atoms with Crippen LogP contribution in [0.5, 0.6) is 0 Å². The first-order valence-corrected chi connectivity index (χ1v) is 5.27. The number of rotatable bonds is 4. The topological polar surface area (TPSA) is 53.1 Å². The van der Waals surface area contributed by atoms with E-state index in [1.54, 1.807) is 0 Å². The van der Waals surface area contributed by atoms with E-state index in [0.29, 0.717) is 5.84 Å². The normalized spacial score (nSPS) is 20.4. The average Bonchev–Trinajstić information content (AvgIpc) is 2.15. The molecule has 0 saturated carbocycles. The van der Waals surface area contributed by atoms with Crippen LogP contribution in [0.4, 0.5) is 0 Å². The molecule has 1 rings (SSSR count). The van der Waals surface area contributed by atoms with E-state index in [1.807, 2.05) is 0 Å². The molecule has 1 heterocycles. The molecule has 1 aliphatic heterocycles. The summed E-state index contributed by atoms with van der Waals surface area (Å²) in [4.78, 5) is 2.42. The van der Waals surface area contributed by atoms with Gasteiger partial charge in [0.2, 0.25) is 0 Å². The second-order valence-corrected chi connectivity index (χ2v) is 3.97. The molecule has 1 aliphatic rings. The van der Waals surface area contributed by atoms with Gasteiger partial charge >= 0.3 is 0 Å². The van der Waals surface area contributed by atoms with E-state index in [-0.39, 0.29) is 0 Å². The van der Waals surface area contributed by atoms with E-state index in [9.17, 15) is 0 Å². The van der Waals surface area contributed by atoms with Gasteiger partial charge in [-0.3, -0.25) is 5.41 Å². The van der Waals surface area contributed by atoms with E-state index >= 15 is 0 Å². The number of amidine groups is 1. The molecule has 0 unspecified atom stereocenters. The summed E-state index contributed by atoms with van der Waals surface area (Å²) in [5.74, 6) is 1.26. The number of hydrogen-bond donors (Lipinski definition) is 2. The Kier molecular flexibility index (Phi) is 4.22. The van der Waals surface area contributed by atoms with Crippen LogP contribution in [0.1, 0.15) is 32.6 Å². The fourth-order valence-corrected chi connectivity index (χ4v) is 1.90. The van der Waals surface area contributed by atoms with E-state index < -0.39 is 0 Å². The van der Waals surface area contributed by atoms with E-state index in [2.05, 4.69) is 11.8 Å². The van der Waals surface area contributed by atoms with E-state index in [0.717, 1.165) is 18.9 Å². The second kappa shape index (κ2) is 5.22. The highest BCUT2D eigenvalue weighted by molar-refractivity contribution is 5.76. The van der Waals surface area contributed by atoms with Crippen molar-refractivity contribution in [1.82, 2.24) is 4.90 Å². The van der Waals surface area contributed by atoms with Crippen molar-refractivity contribution >= 4 is 5.84 Å². The lowest BCUT2D eigenvalue weighted by atomic mass is 9.94. The second-order valence-electron chi connectivity index (χ2n) is 3.97. The summed E-state index contributed by atoms with van der Waals surface area (Å²) < 4.78 is 0. The van der Waals surface area contributed by atoms with Crippen LogP contribution in [0.3, 0.4) is 0 Å². The first-order valence-electron chi connectivity index (χ1n) is 5.27. The maximum absolute atomic E-state index is 7.14. The molecule has 0 atom stereocenters. The quantitative estimate of drug-likeness (QED) is 0.512. The van der Waals surface area contributed by atoms with E-state index in [4.69, 9.17) is 11.1 Å². The van der Waals surface area contributed by atoms with Gasteiger partial charge in [-0.05, 0) is 31.8 Å². The molecule has 0 amide bonds. The van der Waals surface area contributed by atoms with Gasteiger partial charge in [0, 0.05) is 13.0 Å². The summed E-state index contributed by atoms with van der Waals surface area (Å²) in [6.07, 6.45) is 4.71. The Labute approximate surface area is 80.8 Å². The number of hydrogen-bond acceptors (Lipinski definition) is 2.